The minimum Gasteiger partial charge on any atom is -0.484 e. The zero-order valence-electron chi connectivity index (χ0n) is 11.9. The number of nitrogens with one attached hydrogen (secondary N) is 1. The van der Waals surface area contributed by atoms with Gasteiger partial charge in [-0.25, -0.2) is 8.78 Å². The Labute approximate surface area is 130 Å². The van der Waals surface area contributed by atoms with Gasteiger partial charge >= 0.3 is 0 Å². The van der Waals surface area contributed by atoms with E-state index in [1.807, 2.05) is 0 Å². The Morgan fingerprint density at radius 2 is 1.96 bits per heavy atom. The number of halogens is 2. The largest absolute Gasteiger partial charge is 0.484 e. The molecule has 1 aliphatic heterocycles. The smallest absolute Gasteiger partial charge is 0.265 e. The maximum absolute atomic E-state index is 13.1. The first-order valence-electron chi connectivity index (χ1n) is 6.81. The molecule has 0 unspecified atom stereocenters. The average molecular weight is 318 g/mol. The maximum Gasteiger partial charge on any atom is 0.265 e. The second kappa shape index (κ2) is 6.04. The number of benzene rings is 2. The van der Waals surface area contributed by atoms with Crippen LogP contribution in [0.2, 0.25) is 0 Å². The molecule has 0 fully saturated rings. The third-order valence-corrected chi connectivity index (χ3v) is 3.33. The van der Waals surface area contributed by atoms with E-state index in [-0.39, 0.29) is 18.2 Å². The van der Waals surface area contributed by atoms with Gasteiger partial charge in [0.1, 0.15) is 12.3 Å². The van der Waals surface area contributed by atoms with Crippen molar-refractivity contribution in [1.29, 1.82) is 0 Å². The highest BCUT2D eigenvalue weighted by molar-refractivity contribution is 6.10. The Morgan fingerprint density at radius 3 is 2.74 bits per heavy atom. The first-order chi connectivity index (χ1) is 11.0. The molecule has 1 aliphatic rings. The molecule has 0 saturated carbocycles. The summed E-state index contributed by atoms with van der Waals surface area (Å²) in [5, 5.41) is 2.67. The molecule has 0 spiro atoms. The minimum absolute atomic E-state index is 0.0343. The van der Waals surface area contributed by atoms with Crippen molar-refractivity contribution >= 4 is 23.2 Å². The second-order valence-corrected chi connectivity index (χ2v) is 4.91. The lowest BCUT2D eigenvalue weighted by molar-refractivity contribution is -0.123. The third kappa shape index (κ3) is 3.13. The normalized spacial score (nSPS) is 13.3. The quantitative estimate of drug-likeness (QED) is 0.945. The van der Waals surface area contributed by atoms with Crippen LogP contribution in [0.25, 0.3) is 0 Å². The standard InChI is InChI=1S/C16H12F2N2O3/c17-11-6-5-10(7-12(11)18)23-9-16(22)20-8-15(21)19-13-3-1-2-4-14(13)20/h1-7H,8-9H2,(H,19,21). The Balaban J connectivity index is 1.73. The van der Waals surface area contributed by atoms with Crippen LogP contribution in [0.5, 0.6) is 5.75 Å². The van der Waals surface area contributed by atoms with Gasteiger partial charge in [0.05, 0.1) is 11.4 Å². The van der Waals surface area contributed by atoms with E-state index in [1.54, 1.807) is 24.3 Å². The van der Waals surface area contributed by atoms with Crippen LogP contribution >= 0.6 is 0 Å². The van der Waals surface area contributed by atoms with Gasteiger partial charge in [-0.3, -0.25) is 14.5 Å². The number of nitrogens with zero attached hydrogens (tertiary/aromatic N) is 1. The van der Waals surface area contributed by atoms with Crippen LogP contribution in [0, 0.1) is 11.6 Å². The zero-order chi connectivity index (χ0) is 16.4. The van der Waals surface area contributed by atoms with Gasteiger partial charge in [0.15, 0.2) is 18.2 Å². The molecule has 1 heterocycles. The molecule has 2 aromatic rings. The molecule has 1 N–H and O–H groups in total. The van der Waals surface area contributed by atoms with Crippen molar-refractivity contribution in [2.75, 3.05) is 23.4 Å². The predicted octanol–water partition coefficient (Wildman–Crippen LogP) is 2.33. The summed E-state index contributed by atoms with van der Waals surface area (Å²) < 4.78 is 31.1. The molecule has 5 nitrogen and oxygen atoms in total. The minimum atomic E-state index is -1.06. The zero-order valence-corrected chi connectivity index (χ0v) is 11.9. The lowest BCUT2D eigenvalue weighted by atomic mass is 10.2. The van der Waals surface area contributed by atoms with Crippen molar-refractivity contribution in [3.8, 4) is 5.75 Å². The van der Waals surface area contributed by atoms with Crippen LogP contribution in [0.1, 0.15) is 0 Å². The van der Waals surface area contributed by atoms with E-state index < -0.39 is 24.1 Å². The molecular formula is C16H12F2N2O3. The molecule has 0 bridgehead atoms. The van der Waals surface area contributed by atoms with Crippen LogP contribution in [-0.4, -0.2) is 25.0 Å². The average Bonchev–Trinajstić information content (AvgIpc) is 2.54. The van der Waals surface area contributed by atoms with Crippen molar-refractivity contribution in [3.05, 3.63) is 54.1 Å². The summed E-state index contributed by atoms with van der Waals surface area (Å²) in [6, 6.07) is 9.87. The van der Waals surface area contributed by atoms with Crippen LogP contribution in [-0.2, 0) is 9.59 Å². The van der Waals surface area contributed by atoms with Crippen molar-refractivity contribution < 1.29 is 23.1 Å². The van der Waals surface area contributed by atoms with E-state index in [0.717, 1.165) is 12.1 Å². The summed E-state index contributed by atoms with van der Waals surface area (Å²) in [5.74, 6) is -2.79. The van der Waals surface area contributed by atoms with E-state index in [9.17, 15) is 18.4 Å². The van der Waals surface area contributed by atoms with E-state index in [4.69, 9.17) is 4.74 Å². The van der Waals surface area contributed by atoms with Gasteiger partial charge in [0.2, 0.25) is 5.91 Å². The molecule has 23 heavy (non-hydrogen) atoms. The summed E-state index contributed by atoms with van der Waals surface area (Å²) in [5.41, 5.74) is 1.09. The molecule has 0 aliphatic carbocycles. The summed E-state index contributed by atoms with van der Waals surface area (Å²) >= 11 is 0. The van der Waals surface area contributed by atoms with Gasteiger partial charge in [0, 0.05) is 6.07 Å². The van der Waals surface area contributed by atoms with Crippen LogP contribution in [0.4, 0.5) is 20.2 Å². The second-order valence-electron chi connectivity index (χ2n) is 4.91. The number of carbonyl (C=O) groups is 2. The summed E-state index contributed by atoms with van der Waals surface area (Å²) in [4.78, 5) is 25.2. The van der Waals surface area contributed by atoms with Crippen molar-refractivity contribution in [1.82, 2.24) is 0 Å². The lowest BCUT2D eigenvalue weighted by Crippen LogP contribution is -2.44. The van der Waals surface area contributed by atoms with Gasteiger partial charge in [-0.05, 0) is 24.3 Å². The monoisotopic (exact) mass is 318 g/mol. The number of carbonyl (C=O) groups excluding carboxylic acids is 2. The molecule has 2 amide bonds. The fourth-order valence-electron chi connectivity index (χ4n) is 2.25. The predicted molar refractivity (Wildman–Crippen MR) is 79.3 cm³/mol. The van der Waals surface area contributed by atoms with E-state index in [1.165, 1.54) is 11.0 Å². The van der Waals surface area contributed by atoms with Gasteiger partial charge in [-0.2, -0.15) is 0 Å². The van der Waals surface area contributed by atoms with Crippen molar-refractivity contribution in [2.45, 2.75) is 0 Å². The van der Waals surface area contributed by atoms with Crippen molar-refractivity contribution in [2.24, 2.45) is 0 Å². The number of ether oxygens (including phenoxy) is 1. The molecule has 0 atom stereocenters. The first-order valence-corrected chi connectivity index (χ1v) is 6.81. The highest BCUT2D eigenvalue weighted by Gasteiger charge is 2.26. The van der Waals surface area contributed by atoms with Crippen LogP contribution in [0.15, 0.2) is 42.5 Å². The first kappa shape index (κ1) is 15.0. The molecule has 2 aromatic carbocycles. The van der Waals surface area contributed by atoms with Crippen LogP contribution < -0.4 is 15.0 Å². The Bertz CT molecular complexity index is 780. The highest BCUT2D eigenvalue weighted by Crippen LogP contribution is 2.29. The summed E-state index contributed by atoms with van der Waals surface area (Å²) in [6.45, 7) is -0.524. The van der Waals surface area contributed by atoms with Gasteiger partial charge < -0.3 is 10.1 Å². The number of para-hydroxylation sites is 2. The number of rotatable bonds is 3. The van der Waals surface area contributed by atoms with Crippen molar-refractivity contribution in [3.63, 3.8) is 0 Å². The van der Waals surface area contributed by atoms with Gasteiger partial charge in [-0.1, -0.05) is 12.1 Å². The molecule has 0 aromatic heterocycles. The molecule has 118 valence electrons. The molecule has 0 saturated heterocycles. The fraction of sp³-hybridized carbons (Fsp3) is 0.125. The number of fused-ring (bicyclic) bond motifs is 1. The molecule has 7 heteroatoms. The van der Waals surface area contributed by atoms with E-state index in [2.05, 4.69) is 5.32 Å². The van der Waals surface area contributed by atoms with Gasteiger partial charge in [-0.15, -0.1) is 0 Å². The lowest BCUT2D eigenvalue weighted by Gasteiger charge is -2.29. The summed E-state index contributed by atoms with van der Waals surface area (Å²) in [6.07, 6.45) is 0. The maximum atomic E-state index is 13.1. The third-order valence-electron chi connectivity index (χ3n) is 3.33. The van der Waals surface area contributed by atoms with Crippen LogP contribution in [0.3, 0.4) is 0 Å². The fourth-order valence-corrected chi connectivity index (χ4v) is 2.25. The molecular weight excluding hydrogens is 306 g/mol. The van der Waals surface area contributed by atoms with Gasteiger partial charge in [0.25, 0.3) is 5.91 Å². The van der Waals surface area contributed by atoms with E-state index >= 15 is 0 Å². The molecule has 0 radical (unpaired) electrons. The number of amides is 2. The summed E-state index contributed by atoms with van der Waals surface area (Å²) in [7, 11) is 0. The topological polar surface area (TPSA) is 58.6 Å². The SMILES string of the molecule is O=C1CN(C(=O)COc2ccc(F)c(F)c2)c2ccccc2N1. The Morgan fingerprint density at radius 1 is 1.17 bits per heavy atom. The Hall–Kier alpha value is -2.96. The number of anilines is 2. The highest BCUT2D eigenvalue weighted by atomic mass is 19.2. The van der Waals surface area contributed by atoms with E-state index in [0.29, 0.717) is 11.4 Å². The number of hydrogen-bond acceptors (Lipinski definition) is 3. The molecule has 3 rings (SSSR count). The number of hydrogen-bond donors (Lipinski definition) is 1. The Kier molecular flexibility index (Phi) is 3.92.